The Bertz CT molecular complexity index is 680. The Hall–Kier alpha value is -1.01. The number of nitrogens with one attached hydrogen (secondary N) is 2. The van der Waals surface area contributed by atoms with Gasteiger partial charge in [0.15, 0.2) is 5.96 Å². The van der Waals surface area contributed by atoms with Gasteiger partial charge in [-0.3, -0.25) is 9.89 Å². The fourth-order valence-corrected chi connectivity index (χ4v) is 4.40. The number of ether oxygens (including phenoxy) is 2. The highest BCUT2D eigenvalue weighted by Gasteiger charge is 2.23. The molecule has 7 nitrogen and oxygen atoms in total. The summed E-state index contributed by atoms with van der Waals surface area (Å²) < 4.78 is 24.2. The maximum Gasteiger partial charge on any atom is 0.191 e. The summed E-state index contributed by atoms with van der Waals surface area (Å²) in [4.78, 5) is 9.79. The molecule has 1 aromatic rings. The number of morpholine rings is 1. The zero-order valence-electron chi connectivity index (χ0n) is 20.1. The zero-order valence-corrected chi connectivity index (χ0v) is 22.4. The van der Waals surface area contributed by atoms with Crippen LogP contribution < -0.4 is 10.6 Å². The van der Waals surface area contributed by atoms with E-state index in [2.05, 4.69) is 27.4 Å². The number of hydrogen-bond acceptors (Lipinski definition) is 5. The van der Waals surface area contributed by atoms with Crippen LogP contribution in [0.5, 0.6) is 0 Å². The van der Waals surface area contributed by atoms with Crippen molar-refractivity contribution in [3.63, 3.8) is 0 Å². The number of likely N-dealkylation sites (tertiary alicyclic amines) is 1. The first-order chi connectivity index (χ1) is 15.7. The summed E-state index contributed by atoms with van der Waals surface area (Å²) in [6.45, 7) is 11.7. The first kappa shape index (κ1) is 28.2. The molecule has 1 aromatic carbocycles. The summed E-state index contributed by atoms with van der Waals surface area (Å²) in [6.07, 6.45) is 2.39. The van der Waals surface area contributed by atoms with Gasteiger partial charge in [0.1, 0.15) is 5.82 Å². The van der Waals surface area contributed by atoms with E-state index in [0.717, 1.165) is 77.2 Å². The largest absolute Gasteiger partial charge is 0.383 e. The predicted molar refractivity (Wildman–Crippen MR) is 142 cm³/mol. The van der Waals surface area contributed by atoms with E-state index in [4.69, 9.17) is 14.5 Å². The third kappa shape index (κ3) is 9.64. The van der Waals surface area contributed by atoms with E-state index in [1.807, 2.05) is 12.1 Å². The van der Waals surface area contributed by atoms with Crippen LogP contribution in [0.1, 0.15) is 31.4 Å². The molecule has 9 heteroatoms. The molecule has 2 N–H and O–H groups in total. The molecule has 2 aliphatic rings. The first-order valence-corrected chi connectivity index (χ1v) is 12.0. The minimum absolute atomic E-state index is 0. The summed E-state index contributed by atoms with van der Waals surface area (Å²) >= 11 is 0. The van der Waals surface area contributed by atoms with Crippen molar-refractivity contribution in [1.29, 1.82) is 0 Å². The second kappa shape index (κ2) is 15.8. The van der Waals surface area contributed by atoms with Crippen LogP contribution in [-0.4, -0.2) is 95.0 Å². The second-order valence-electron chi connectivity index (χ2n) is 8.59. The predicted octanol–water partition coefficient (Wildman–Crippen LogP) is 2.73. The lowest BCUT2D eigenvalue weighted by Crippen LogP contribution is -2.44. The topological polar surface area (TPSA) is 61.4 Å². The summed E-state index contributed by atoms with van der Waals surface area (Å²) in [6, 6.07) is 6.94. The number of aliphatic imine (C=N–C) groups is 1. The van der Waals surface area contributed by atoms with Gasteiger partial charge in [-0.15, -0.1) is 24.0 Å². The van der Waals surface area contributed by atoms with Gasteiger partial charge in [0.25, 0.3) is 0 Å². The monoisotopic (exact) mass is 577 g/mol. The van der Waals surface area contributed by atoms with Gasteiger partial charge in [0.2, 0.25) is 0 Å². The van der Waals surface area contributed by atoms with Crippen LogP contribution in [0.4, 0.5) is 4.39 Å². The highest BCUT2D eigenvalue weighted by molar-refractivity contribution is 14.0. The van der Waals surface area contributed by atoms with E-state index in [-0.39, 0.29) is 35.8 Å². The van der Waals surface area contributed by atoms with Crippen molar-refractivity contribution in [3.8, 4) is 0 Å². The number of methoxy groups -OCH3 is 1. The van der Waals surface area contributed by atoms with Crippen LogP contribution in [0.2, 0.25) is 0 Å². The molecule has 0 saturated carbocycles. The molecular weight excluding hydrogens is 536 g/mol. The maximum absolute atomic E-state index is 13.5. The van der Waals surface area contributed by atoms with Crippen LogP contribution in [0.3, 0.4) is 0 Å². The van der Waals surface area contributed by atoms with Crippen molar-refractivity contribution in [1.82, 2.24) is 20.4 Å². The van der Waals surface area contributed by atoms with Gasteiger partial charge in [-0.1, -0.05) is 12.1 Å². The van der Waals surface area contributed by atoms with E-state index >= 15 is 0 Å². The van der Waals surface area contributed by atoms with Gasteiger partial charge in [-0.05, 0) is 56.5 Å². The van der Waals surface area contributed by atoms with E-state index in [1.54, 1.807) is 7.11 Å². The summed E-state index contributed by atoms with van der Waals surface area (Å²) in [5, 5.41) is 6.95. The molecule has 0 amide bonds. The van der Waals surface area contributed by atoms with Crippen molar-refractivity contribution in [3.05, 3.63) is 35.6 Å². The molecule has 2 fully saturated rings. The lowest BCUT2D eigenvalue weighted by molar-refractivity contribution is 0.0179. The Kier molecular flexibility index (Phi) is 13.5. The van der Waals surface area contributed by atoms with E-state index in [1.165, 1.54) is 25.0 Å². The van der Waals surface area contributed by atoms with Crippen LogP contribution in [0, 0.1) is 11.7 Å². The number of hydrogen-bond donors (Lipinski definition) is 2. The van der Waals surface area contributed by atoms with E-state index < -0.39 is 0 Å². The fourth-order valence-electron chi connectivity index (χ4n) is 4.40. The molecule has 2 heterocycles. The Morgan fingerprint density at radius 3 is 2.48 bits per heavy atom. The van der Waals surface area contributed by atoms with Crippen molar-refractivity contribution in [2.24, 2.45) is 10.9 Å². The molecule has 0 aromatic heterocycles. The Morgan fingerprint density at radius 1 is 1.15 bits per heavy atom. The molecule has 188 valence electrons. The molecule has 0 spiro atoms. The Morgan fingerprint density at radius 2 is 1.85 bits per heavy atom. The highest BCUT2D eigenvalue weighted by Crippen LogP contribution is 2.23. The minimum Gasteiger partial charge on any atom is -0.383 e. The standard InChI is InChI=1S/C24H40FN5O2.HI/c1-3-26-24(27-18-20-8-10-29(11-9-20)12-15-31-2)28-19-23(30-13-16-32-17-14-30)21-4-6-22(25)7-5-21;/h4-7,20,23H,3,8-19H2,1-2H3,(H2,26,27,28);1H. The molecule has 2 aliphatic heterocycles. The normalized spacial score (nSPS) is 19.7. The molecule has 3 rings (SSSR count). The van der Waals surface area contributed by atoms with Gasteiger partial charge in [-0.25, -0.2) is 4.39 Å². The molecule has 1 atom stereocenters. The first-order valence-electron chi connectivity index (χ1n) is 12.0. The van der Waals surface area contributed by atoms with Gasteiger partial charge in [-0.2, -0.15) is 0 Å². The third-order valence-electron chi connectivity index (χ3n) is 6.38. The Labute approximate surface area is 215 Å². The van der Waals surface area contributed by atoms with Crippen molar-refractivity contribution >= 4 is 29.9 Å². The minimum atomic E-state index is -0.207. The van der Waals surface area contributed by atoms with Gasteiger partial charge in [0, 0.05) is 39.8 Å². The SMILES string of the molecule is CCNC(=NCC(c1ccc(F)cc1)N1CCOCC1)NCC1CCN(CCOC)CC1.I. The quantitative estimate of drug-likeness (QED) is 0.254. The molecule has 0 bridgehead atoms. The van der Waals surface area contributed by atoms with E-state index in [9.17, 15) is 4.39 Å². The average molecular weight is 578 g/mol. The molecular formula is C24H41FIN5O2. The Balaban J connectivity index is 0.00000385. The highest BCUT2D eigenvalue weighted by atomic mass is 127. The lowest BCUT2D eigenvalue weighted by Gasteiger charge is -2.34. The van der Waals surface area contributed by atoms with E-state index in [0.29, 0.717) is 12.5 Å². The maximum atomic E-state index is 13.5. The van der Waals surface area contributed by atoms with Crippen molar-refractivity contribution < 1.29 is 13.9 Å². The second-order valence-corrected chi connectivity index (χ2v) is 8.59. The summed E-state index contributed by atoms with van der Waals surface area (Å²) in [5.41, 5.74) is 1.09. The number of piperidine rings is 1. The van der Waals surface area contributed by atoms with Crippen LogP contribution in [-0.2, 0) is 9.47 Å². The molecule has 2 saturated heterocycles. The number of halogens is 2. The van der Waals surface area contributed by atoms with Gasteiger partial charge < -0.3 is 25.0 Å². The van der Waals surface area contributed by atoms with Crippen LogP contribution in [0.15, 0.2) is 29.3 Å². The number of benzene rings is 1. The molecule has 0 aliphatic carbocycles. The lowest BCUT2D eigenvalue weighted by atomic mass is 9.97. The molecule has 0 radical (unpaired) electrons. The van der Waals surface area contributed by atoms with Crippen molar-refractivity contribution in [2.45, 2.75) is 25.8 Å². The number of nitrogens with zero attached hydrogens (tertiary/aromatic N) is 3. The number of guanidine groups is 1. The van der Waals surface area contributed by atoms with Gasteiger partial charge in [0.05, 0.1) is 32.4 Å². The zero-order chi connectivity index (χ0) is 22.6. The summed E-state index contributed by atoms with van der Waals surface area (Å²) in [5.74, 6) is 1.31. The fraction of sp³-hybridized carbons (Fsp3) is 0.708. The molecule has 1 unspecified atom stereocenters. The van der Waals surface area contributed by atoms with Crippen LogP contribution in [0.25, 0.3) is 0 Å². The molecule has 33 heavy (non-hydrogen) atoms. The average Bonchev–Trinajstić information content (AvgIpc) is 2.83. The third-order valence-corrected chi connectivity index (χ3v) is 6.38. The van der Waals surface area contributed by atoms with Crippen LogP contribution >= 0.6 is 24.0 Å². The smallest absolute Gasteiger partial charge is 0.191 e. The summed E-state index contributed by atoms with van der Waals surface area (Å²) in [7, 11) is 1.76. The number of rotatable bonds is 10. The van der Waals surface area contributed by atoms with Gasteiger partial charge >= 0.3 is 0 Å². The van der Waals surface area contributed by atoms with Crippen molar-refractivity contribution in [2.75, 3.05) is 79.3 Å².